The van der Waals surface area contributed by atoms with Crippen molar-refractivity contribution in [2.24, 2.45) is 0 Å². The maximum absolute atomic E-state index is 12.2. The van der Waals surface area contributed by atoms with Crippen LogP contribution in [0.3, 0.4) is 0 Å². The lowest BCUT2D eigenvalue weighted by Gasteiger charge is -2.05. The molecular weight excluding hydrogens is 316 g/mol. The van der Waals surface area contributed by atoms with E-state index in [1.165, 1.54) is 11.3 Å². The fourth-order valence-electron chi connectivity index (χ4n) is 1.92. The van der Waals surface area contributed by atoms with Crippen molar-refractivity contribution in [2.75, 3.05) is 19.8 Å². The Kier molecular flexibility index (Phi) is 7.02. The van der Waals surface area contributed by atoms with Gasteiger partial charge in [-0.25, -0.2) is 4.98 Å². The minimum atomic E-state index is -0.0370. The second kappa shape index (κ2) is 9.02. The van der Waals surface area contributed by atoms with E-state index in [2.05, 4.69) is 17.2 Å². The first-order valence-corrected chi connectivity index (χ1v) is 9.34. The predicted molar refractivity (Wildman–Crippen MR) is 92.8 cm³/mol. The van der Waals surface area contributed by atoms with Crippen LogP contribution in [-0.2, 0) is 4.74 Å². The molecule has 0 spiro atoms. The zero-order valence-corrected chi connectivity index (χ0v) is 14.7. The van der Waals surface area contributed by atoms with Gasteiger partial charge in [-0.05, 0) is 31.2 Å². The van der Waals surface area contributed by atoms with Crippen LogP contribution in [0.15, 0.2) is 16.8 Å². The highest BCUT2D eigenvalue weighted by molar-refractivity contribution is 7.17. The topological polar surface area (TPSA) is 51.2 Å². The molecular formula is C16H22N2O2S2. The number of carbonyl (C=O) groups excluding carboxylic acids is 1. The second-order valence-electron chi connectivity index (χ2n) is 5.02. The molecule has 2 rings (SSSR count). The summed E-state index contributed by atoms with van der Waals surface area (Å²) in [5.41, 5.74) is 1.88. The van der Waals surface area contributed by atoms with E-state index in [0.29, 0.717) is 18.0 Å². The van der Waals surface area contributed by atoms with Gasteiger partial charge in [0.1, 0.15) is 9.88 Å². The van der Waals surface area contributed by atoms with E-state index in [1.807, 2.05) is 23.8 Å². The molecule has 2 aromatic heterocycles. The monoisotopic (exact) mass is 338 g/mol. The first-order chi connectivity index (χ1) is 10.7. The van der Waals surface area contributed by atoms with E-state index in [4.69, 9.17) is 4.74 Å². The van der Waals surface area contributed by atoms with Gasteiger partial charge in [-0.1, -0.05) is 13.3 Å². The molecule has 2 aromatic rings. The van der Waals surface area contributed by atoms with Gasteiger partial charge in [0, 0.05) is 30.7 Å². The number of nitrogens with zero attached hydrogens (tertiary/aromatic N) is 1. The maximum atomic E-state index is 12.2. The van der Waals surface area contributed by atoms with E-state index in [-0.39, 0.29) is 5.91 Å². The molecule has 1 amide bonds. The number of nitrogens with one attached hydrogen (secondary N) is 1. The summed E-state index contributed by atoms with van der Waals surface area (Å²) in [5.74, 6) is -0.0370. The first kappa shape index (κ1) is 17.1. The lowest BCUT2D eigenvalue weighted by atomic mass is 10.3. The minimum absolute atomic E-state index is 0.0370. The summed E-state index contributed by atoms with van der Waals surface area (Å²) in [6.07, 6.45) is 3.08. The number of hydrogen-bond acceptors (Lipinski definition) is 5. The molecule has 0 aliphatic rings. The fraction of sp³-hybridized carbons (Fsp3) is 0.500. The van der Waals surface area contributed by atoms with Crippen LogP contribution in [0.4, 0.5) is 0 Å². The van der Waals surface area contributed by atoms with Crippen LogP contribution < -0.4 is 5.32 Å². The third-order valence-electron chi connectivity index (χ3n) is 3.16. The van der Waals surface area contributed by atoms with Gasteiger partial charge in [-0.3, -0.25) is 4.79 Å². The number of aromatic nitrogens is 1. The van der Waals surface area contributed by atoms with Crippen LogP contribution in [0.25, 0.3) is 10.6 Å². The van der Waals surface area contributed by atoms with Crippen LogP contribution in [0.1, 0.15) is 41.6 Å². The molecule has 0 bridgehead atoms. The van der Waals surface area contributed by atoms with Gasteiger partial charge in [0.05, 0.1) is 5.69 Å². The molecule has 0 aromatic carbocycles. The SMILES string of the molecule is CCCCOCCCNC(=O)c1sc(-c2ccsc2)nc1C. The standard InChI is InChI=1S/C16H22N2O2S2/c1-3-4-8-20-9-5-7-17-15(19)14-12(2)18-16(22-14)13-6-10-21-11-13/h6,10-11H,3-5,7-9H2,1-2H3,(H,17,19). The molecule has 0 unspecified atom stereocenters. The van der Waals surface area contributed by atoms with Gasteiger partial charge < -0.3 is 10.1 Å². The Morgan fingerprint density at radius 1 is 1.36 bits per heavy atom. The van der Waals surface area contributed by atoms with Gasteiger partial charge in [-0.2, -0.15) is 11.3 Å². The summed E-state index contributed by atoms with van der Waals surface area (Å²) >= 11 is 3.09. The average Bonchev–Trinajstić information content (AvgIpc) is 3.15. The number of thiophene rings is 1. The first-order valence-electron chi connectivity index (χ1n) is 7.58. The van der Waals surface area contributed by atoms with Crippen molar-refractivity contribution in [3.8, 4) is 10.6 Å². The highest BCUT2D eigenvalue weighted by atomic mass is 32.1. The molecule has 2 heterocycles. The van der Waals surface area contributed by atoms with Crippen molar-refractivity contribution >= 4 is 28.6 Å². The average molecular weight is 338 g/mol. The molecule has 0 fully saturated rings. The van der Waals surface area contributed by atoms with Crippen molar-refractivity contribution in [3.63, 3.8) is 0 Å². The molecule has 0 aliphatic heterocycles. The van der Waals surface area contributed by atoms with Crippen LogP contribution >= 0.6 is 22.7 Å². The highest BCUT2D eigenvalue weighted by Gasteiger charge is 2.15. The Balaban J connectivity index is 1.78. The van der Waals surface area contributed by atoms with Gasteiger partial charge in [0.2, 0.25) is 0 Å². The van der Waals surface area contributed by atoms with Crippen LogP contribution in [-0.4, -0.2) is 30.6 Å². The van der Waals surface area contributed by atoms with Gasteiger partial charge >= 0.3 is 0 Å². The normalized spacial score (nSPS) is 10.8. The molecule has 22 heavy (non-hydrogen) atoms. The Morgan fingerprint density at radius 3 is 2.91 bits per heavy atom. The zero-order valence-electron chi connectivity index (χ0n) is 13.1. The van der Waals surface area contributed by atoms with Crippen molar-refractivity contribution in [1.82, 2.24) is 10.3 Å². The Bertz CT molecular complexity index is 579. The lowest BCUT2D eigenvalue weighted by Crippen LogP contribution is -2.25. The van der Waals surface area contributed by atoms with Crippen LogP contribution in [0, 0.1) is 6.92 Å². The Labute approximate surface area is 139 Å². The van der Waals surface area contributed by atoms with E-state index in [0.717, 1.165) is 42.1 Å². The number of unbranched alkanes of at least 4 members (excludes halogenated alkanes) is 1. The number of rotatable bonds is 9. The quantitative estimate of drug-likeness (QED) is 0.700. The number of thiazole rings is 1. The van der Waals surface area contributed by atoms with Crippen molar-refractivity contribution in [2.45, 2.75) is 33.1 Å². The minimum Gasteiger partial charge on any atom is -0.381 e. The number of aryl methyl sites for hydroxylation is 1. The van der Waals surface area contributed by atoms with E-state index in [1.54, 1.807) is 11.3 Å². The Morgan fingerprint density at radius 2 is 2.18 bits per heavy atom. The van der Waals surface area contributed by atoms with Crippen molar-refractivity contribution < 1.29 is 9.53 Å². The molecule has 0 radical (unpaired) electrons. The molecule has 6 heteroatoms. The maximum Gasteiger partial charge on any atom is 0.263 e. The number of amides is 1. The fourth-order valence-corrected chi connectivity index (χ4v) is 3.62. The molecule has 0 atom stereocenters. The lowest BCUT2D eigenvalue weighted by molar-refractivity contribution is 0.0943. The highest BCUT2D eigenvalue weighted by Crippen LogP contribution is 2.29. The third-order valence-corrected chi connectivity index (χ3v) is 5.05. The summed E-state index contributed by atoms with van der Waals surface area (Å²) in [6, 6.07) is 2.03. The van der Waals surface area contributed by atoms with E-state index < -0.39 is 0 Å². The summed E-state index contributed by atoms with van der Waals surface area (Å²) in [7, 11) is 0. The summed E-state index contributed by atoms with van der Waals surface area (Å²) in [4.78, 5) is 17.4. The summed E-state index contributed by atoms with van der Waals surface area (Å²) in [5, 5.41) is 7.92. The molecule has 4 nitrogen and oxygen atoms in total. The third kappa shape index (κ3) is 4.90. The van der Waals surface area contributed by atoms with Crippen molar-refractivity contribution in [3.05, 3.63) is 27.4 Å². The largest absolute Gasteiger partial charge is 0.381 e. The van der Waals surface area contributed by atoms with Crippen LogP contribution in [0.2, 0.25) is 0 Å². The van der Waals surface area contributed by atoms with Crippen molar-refractivity contribution in [1.29, 1.82) is 0 Å². The number of carbonyl (C=O) groups is 1. The Hall–Kier alpha value is -1.24. The second-order valence-corrected chi connectivity index (χ2v) is 6.80. The zero-order chi connectivity index (χ0) is 15.8. The molecule has 120 valence electrons. The molecule has 1 N–H and O–H groups in total. The van der Waals surface area contributed by atoms with Gasteiger partial charge in [-0.15, -0.1) is 11.3 Å². The summed E-state index contributed by atoms with van der Waals surface area (Å²) in [6.45, 7) is 6.17. The number of hydrogen-bond donors (Lipinski definition) is 1. The molecule has 0 saturated carbocycles. The summed E-state index contributed by atoms with van der Waals surface area (Å²) < 4.78 is 5.48. The van der Waals surface area contributed by atoms with Gasteiger partial charge in [0.25, 0.3) is 5.91 Å². The number of ether oxygens (including phenoxy) is 1. The van der Waals surface area contributed by atoms with Gasteiger partial charge in [0.15, 0.2) is 0 Å². The van der Waals surface area contributed by atoms with E-state index in [9.17, 15) is 4.79 Å². The molecule has 0 aliphatic carbocycles. The molecule has 0 saturated heterocycles. The van der Waals surface area contributed by atoms with Crippen LogP contribution in [0.5, 0.6) is 0 Å². The smallest absolute Gasteiger partial charge is 0.263 e. The van der Waals surface area contributed by atoms with E-state index >= 15 is 0 Å². The predicted octanol–water partition coefficient (Wildman–Crippen LogP) is 4.12.